The molecule has 0 saturated heterocycles. The summed E-state index contributed by atoms with van der Waals surface area (Å²) in [6, 6.07) is 0. The Bertz CT molecular complexity index is 105. The highest BCUT2D eigenvalue weighted by atomic mass is 15.1. The molecular weight excluding hydrogens is 98.1 g/mol. The summed E-state index contributed by atoms with van der Waals surface area (Å²) in [6.45, 7) is 4.80. The summed E-state index contributed by atoms with van der Waals surface area (Å²) in [5.74, 6) is 0. The number of hydrogen-bond acceptors (Lipinski definition) is 1. The van der Waals surface area contributed by atoms with E-state index in [2.05, 4.69) is 23.8 Å². The lowest BCUT2D eigenvalue weighted by atomic mass is 10.2. The molecule has 0 amide bonds. The minimum atomic E-state index is 1.14. The van der Waals surface area contributed by atoms with Crippen LogP contribution in [0.1, 0.15) is 12.8 Å². The van der Waals surface area contributed by atoms with E-state index in [0.717, 1.165) is 6.54 Å². The van der Waals surface area contributed by atoms with Gasteiger partial charge in [-0.15, -0.1) is 0 Å². The molecule has 1 rings (SSSR count). The van der Waals surface area contributed by atoms with Crippen LogP contribution in [-0.2, 0) is 0 Å². The van der Waals surface area contributed by atoms with E-state index in [1.54, 1.807) is 0 Å². The van der Waals surface area contributed by atoms with E-state index in [1.165, 1.54) is 12.8 Å². The van der Waals surface area contributed by atoms with Crippen LogP contribution < -0.4 is 0 Å². The Balaban J connectivity index is 2.42. The van der Waals surface area contributed by atoms with Gasteiger partial charge in [0.2, 0.25) is 0 Å². The van der Waals surface area contributed by atoms with Gasteiger partial charge in [-0.05, 0) is 25.2 Å². The first-order valence-electron chi connectivity index (χ1n) is 2.98. The summed E-state index contributed by atoms with van der Waals surface area (Å²) >= 11 is 0. The first-order chi connectivity index (χ1) is 3.93. The normalized spacial score (nSPS) is 18.8. The Kier molecular flexibility index (Phi) is 1.73. The predicted octanol–water partition coefficient (Wildman–Crippen LogP) is 1.74. The van der Waals surface area contributed by atoms with Crippen molar-refractivity contribution in [1.82, 2.24) is 4.90 Å². The molecule has 1 aliphatic heterocycles. The van der Waals surface area contributed by atoms with Crippen LogP contribution in [0.15, 0.2) is 25.1 Å². The monoisotopic (exact) mass is 109 g/mol. The zero-order valence-corrected chi connectivity index (χ0v) is 5.01. The molecule has 0 N–H and O–H groups in total. The summed E-state index contributed by atoms with van der Waals surface area (Å²) < 4.78 is 0. The number of rotatable bonds is 1. The SMILES string of the molecule is C=CN1C=CCCC1. The Morgan fingerprint density at radius 2 is 2.50 bits per heavy atom. The minimum absolute atomic E-state index is 1.14. The molecule has 0 spiro atoms. The van der Waals surface area contributed by atoms with Crippen LogP contribution >= 0.6 is 0 Å². The molecule has 1 heterocycles. The first kappa shape index (κ1) is 5.42. The van der Waals surface area contributed by atoms with Crippen molar-refractivity contribution >= 4 is 0 Å². The third-order valence-corrected chi connectivity index (χ3v) is 1.32. The Hall–Kier alpha value is -0.720. The van der Waals surface area contributed by atoms with Gasteiger partial charge in [-0.1, -0.05) is 12.7 Å². The molecular formula is C7H11N. The zero-order valence-electron chi connectivity index (χ0n) is 5.01. The van der Waals surface area contributed by atoms with Crippen LogP contribution in [0.4, 0.5) is 0 Å². The molecule has 8 heavy (non-hydrogen) atoms. The van der Waals surface area contributed by atoms with E-state index in [0.29, 0.717) is 0 Å². The average Bonchev–Trinajstić information content (AvgIpc) is 1.90. The molecule has 1 nitrogen and oxygen atoms in total. The van der Waals surface area contributed by atoms with Crippen molar-refractivity contribution in [2.24, 2.45) is 0 Å². The van der Waals surface area contributed by atoms with Gasteiger partial charge in [-0.3, -0.25) is 0 Å². The van der Waals surface area contributed by atoms with Crippen LogP contribution in [0.3, 0.4) is 0 Å². The highest BCUT2D eigenvalue weighted by molar-refractivity contribution is 4.91. The lowest BCUT2D eigenvalue weighted by molar-refractivity contribution is 0.469. The van der Waals surface area contributed by atoms with E-state index in [4.69, 9.17) is 0 Å². The largest absolute Gasteiger partial charge is 0.355 e. The van der Waals surface area contributed by atoms with Gasteiger partial charge in [0, 0.05) is 6.54 Å². The molecule has 0 aromatic rings. The smallest absolute Gasteiger partial charge is 0.0222 e. The third kappa shape index (κ3) is 1.12. The van der Waals surface area contributed by atoms with Crippen molar-refractivity contribution in [3.8, 4) is 0 Å². The van der Waals surface area contributed by atoms with Gasteiger partial charge < -0.3 is 4.90 Å². The van der Waals surface area contributed by atoms with Crippen LogP contribution in [0, 0.1) is 0 Å². The molecule has 0 saturated carbocycles. The van der Waals surface area contributed by atoms with Crippen LogP contribution in [0.5, 0.6) is 0 Å². The van der Waals surface area contributed by atoms with Crippen LogP contribution in [0.2, 0.25) is 0 Å². The lowest BCUT2D eigenvalue weighted by Crippen LogP contribution is -2.13. The Morgan fingerprint density at radius 3 is 2.88 bits per heavy atom. The van der Waals surface area contributed by atoms with Gasteiger partial charge in [0.05, 0.1) is 0 Å². The van der Waals surface area contributed by atoms with Gasteiger partial charge in [-0.2, -0.15) is 0 Å². The second kappa shape index (κ2) is 2.55. The molecule has 0 radical (unpaired) electrons. The van der Waals surface area contributed by atoms with Crippen molar-refractivity contribution in [2.75, 3.05) is 6.54 Å². The lowest BCUT2D eigenvalue weighted by Gasteiger charge is -2.17. The van der Waals surface area contributed by atoms with Gasteiger partial charge >= 0.3 is 0 Å². The maximum atomic E-state index is 3.66. The molecule has 44 valence electrons. The van der Waals surface area contributed by atoms with Gasteiger partial charge in [0.1, 0.15) is 0 Å². The average molecular weight is 109 g/mol. The van der Waals surface area contributed by atoms with Gasteiger partial charge in [0.15, 0.2) is 0 Å². The topological polar surface area (TPSA) is 3.24 Å². The quantitative estimate of drug-likeness (QED) is 0.495. The molecule has 0 aromatic carbocycles. The summed E-state index contributed by atoms with van der Waals surface area (Å²) in [6.07, 6.45) is 8.60. The zero-order chi connectivity index (χ0) is 5.82. The van der Waals surface area contributed by atoms with Crippen molar-refractivity contribution in [2.45, 2.75) is 12.8 Å². The van der Waals surface area contributed by atoms with Crippen molar-refractivity contribution in [1.29, 1.82) is 0 Å². The molecule has 0 bridgehead atoms. The number of nitrogens with zero attached hydrogens (tertiary/aromatic N) is 1. The fourth-order valence-corrected chi connectivity index (χ4v) is 0.828. The molecule has 0 aliphatic carbocycles. The third-order valence-electron chi connectivity index (χ3n) is 1.32. The molecule has 0 atom stereocenters. The summed E-state index contributed by atoms with van der Waals surface area (Å²) in [5, 5.41) is 0. The van der Waals surface area contributed by atoms with Crippen LogP contribution in [-0.4, -0.2) is 11.4 Å². The molecule has 0 aromatic heterocycles. The summed E-state index contributed by atoms with van der Waals surface area (Å²) in [7, 11) is 0. The molecule has 0 unspecified atom stereocenters. The number of hydrogen-bond donors (Lipinski definition) is 0. The van der Waals surface area contributed by atoms with Gasteiger partial charge in [-0.25, -0.2) is 0 Å². The second-order valence-electron chi connectivity index (χ2n) is 1.95. The minimum Gasteiger partial charge on any atom is -0.355 e. The second-order valence-corrected chi connectivity index (χ2v) is 1.95. The van der Waals surface area contributed by atoms with Crippen molar-refractivity contribution < 1.29 is 0 Å². The van der Waals surface area contributed by atoms with Gasteiger partial charge in [0.25, 0.3) is 0 Å². The highest BCUT2D eigenvalue weighted by Crippen LogP contribution is 2.04. The molecule has 1 heteroatoms. The van der Waals surface area contributed by atoms with E-state index < -0.39 is 0 Å². The van der Waals surface area contributed by atoms with E-state index in [1.807, 2.05) is 6.20 Å². The van der Waals surface area contributed by atoms with Crippen LogP contribution in [0.25, 0.3) is 0 Å². The highest BCUT2D eigenvalue weighted by Gasteiger charge is 1.95. The molecule has 1 aliphatic rings. The Morgan fingerprint density at radius 1 is 1.62 bits per heavy atom. The molecule has 0 fully saturated rings. The maximum absolute atomic E-state index is 3.66. The first-order valence-corrected chi connectivity index (χ1v) is 2.98. The van der Waals surface area contributed by atoms with Crippen molar-refractivity contribution in [3.63, 3.8) is 0 Å². The maximum Gasteiger partial charge on any atom is 0.0222 e. The Labute approximate surface area is 50.3 Å². The fraction of sp³-hybridized carbons (Fsp3) is 0.429. The fourth-order valence-electron chi connectivity index (χ4n) is 0.828. The standard InChI is InChI=1S/C7H11N/c1-2-8-6-4-3-5-7-8/h2,4,6H,1,3,5,7H2. The predicted molar refractivity (Wildman–Crippen MR) is 35.3 cm³/mol. The number of allylic oxidation sites excluding steroid dienone is 1. The summed E-state index contributed by atoms with van der Waals surface area (Å²) in [5.41, 5.74) is 0. The van der Waals surface area contributed by atoms with E-state index >= 15 is 0 Å². The summed E-state index contributed by atoms with van der Waals surface area (Å²) in [4.78, 5) is 2.10. The van der Waals surface area contributed by atoms with E-state index in [-0.39, 0.29) is 0 Å². The van der Waals surface area contributed by atoms with Crippen molar-refractivity contribution in [3.05, 3.63) is 25.1 Å². The van der Waals surface area contributed by atoms with E-state index in [9.17, 15) is 0 Å².